The molecule has 0 unspecified atom stereocenters. The summed E-state index contributed by atoms with van der Waals surface area (Å²) in [6.45, 7) is 2.70. The normalized spacial score (nSPS) is 14.6. The van der Waals surface area contributed by atoms with E-state index in [0.29, 0.717) is 11.9 Å². The van der Waals surface area contributed by atoms with Crippen LogP contribution in [0.1, 0.15) is 17.7 Å². The molecule has 3 N–H and O–H groups in total. The molecule has 1 aliphatic rings. The van der Waals surface area contributed by atoms with Gasteiger partial charge < -0.3 is 16.0 Å². The maximum atomic E-state index is 5.91. The second-order valence-corrected chi connectivity index (χ2v) is 6.69. The number of rotatable bonds is 5. The van der Waals surface area contributed by atoms with Gasteiger partial charge in [-0.15, -0.1) is 11.3 Å². The molecule has 0 amide bonds. The molecule has 1 saturated heterocycles. The third-order valence-corrected chi connectivity index (χ3v) is 4.60. The summed E-state index contributed by atoms with van der Waals surface area (Å²) in [6, 6.07) is 3.94. The van der Waals surface area contributed by atoms with Crippen molar-refractivity contribution >= 4 is 40.8 Å². The average molecular weight is 325 g/mol. The Morgan fingerprint density at radius 1 is 1.24 bits per heavy atom. The van der Waals surface area contributed by atoms with E-state index in [-0.39, 0.29) is 5.95 Å². The van der Waals surface area contributed by atoms with Crippen molar-refractivity contribution < 1.29 is 0 Å². The molecule has 6 nitrogen and oxygen atoms in total. The van der Waals surface area contributed by atoms with Gasteiger partial charge >= 0.3 is 0 Å². The maximum Gasteiger partial charge on any atom is 0.231 e. The van der Waals surface area contributed by atoms with Crippen molar-refractivity contribution in [1.29, 1.82) is 0 Å². The van der Waals surface area contributed by atoms with Crippen LogP contribution in [0.25, 0.3) is 0 Å². The summed E-state index contributed by atoms with van der Waals surface area (Å²) in [5.74, 6) is 1.46. The molecule has 21 heavy (non-hydrogen) atoms. The quantitative estimate of drug-likeness (QED) is 0.879. The van der Waals surface area contributed by atoms with Crippen molar-refractivity contribution in [1.82, 2.24) is 15.0 Å². The van der Waals surface area contributed by atoms with Crippen molar-refractivity contribution in [3.8, 4) is 0 Å². The summed E-state index contributed by atoms with van der Waals surface area (Å²) in [5.41, 5.74) is 5.77. The number of nitrogens with one attached hydrogen (secondary N) is 1. The lowest BCUT2D eigenvalue weighted by atomic mass is 10.3. The van der Waals surface area contributed by atoms with E-state index < -0.39 is 0 Å². The van der Waals surface area contributed by atoms with Crippen LogP contribution in [0.4, 0.5) is 17.8 Å². The van der Waals surface area contributed by atoms with Gasteiger partial charge in [0.1, 0.15) is 0 Å². The van der Waals surface area contributed by atoms with Gasteiger partial charge in [-0.1, -0.05) is 11.6 Å². The molecule has 3 rings (SSSR count). The summed E-state index contributed by atoms with van der Waals surface area (Å²) >= 11 is 7.50. The summed E-state index contributed by atoms with van der Waals surface area (Å²) < 4.78 is 0.811. The van der Waals surface area contributed by atoms with E-state index in [4.69, 9.17) is 17.3 Å². The largest absolute Gasteiger partial charge is 0.368 e. The van der Waals surface area contributed by atoms with Gasteiger partial charge in [0.15, 0.2) is 0 Å². The third kappa shape index (κ3) is 3.74. The molecule has 0 saturated carbocycles. The van der Waals surface area contributed by atoms with E-state index in [0.717, 1.165) is 30.4 Å². The number of anilines is 3. The van der Waals surface area contributed by atoms with Gasteiger partial charge in [-0.05, 0) is 31.4 Å². The maximum absolute atomic E-state index is 5.91. The number of nitrogen functional groups attached to an aromatic ring is 1. The molecule has 3 heterocycles. The van der Waals surface area contributed by atoms with Crippen molar-refractivity contribution in [2.75, 3.05) is 35.6 Å². The minimum atomic E-state index is 0.258. The molecule has 112 valence electrons. The van der Waals surface area contributed by atoms with E-state index >= 15 is 0 Å². The van der Waals surface area contributed by atoms with Crippen LogP contribution >= 0.6 is 22.9 Å². The van der Waals surface area contributed by atoms with Crippen molar-refractivity contribution in [3.05, 3.63) is 21.3 Å². The average Bonchev–Trinajstić information content (AvgIpc) is 3.10. The monoisotopic (exact) mass is 324 g/mol. The van der Waals surface area contributed by atoms with E-state index in [2.05, 4.69) is 25.2 Å². The zero-order chi connectivity index (χ0) is 14.7. The first kappa shape index (κ1) is 14.3. The topological polar surface area (TPSA) is 80.0 Å². The number of thiophene rings is 1. The first-order valence-corrected chi connectivity index (χ1v) is 8.15. The Labute approximate surface area is 132 Å². The van der Waals surface area contributed by atoms with Gasteiger partial charge in [-0.3, -0.25) is 0 Å². The number of nitrogens with two attached hydrogens (primary N) is 1. The lowest BCUT2D eigenvalue weighted by molar-refractivity contribution is 0.879. The highest BCUT2D eigenvalue weighted by Crippen LogP contribution is 2.22. The van der Waals surface area contributed by atoms with Gasteiger partial charge in [-0.25, -0.2) is 0 Å². The molecule has 0 radical (unpaired) electrons. The number of nitrogens with zero attached hydrogens (tertiary/aromatic N) is 4. The Morgan fingerprint density at radius 2 is 2.05 bits per heavy atom. The number of hydrogen-bond donors (Lipinski definition) is 2. The summed E-state index contributed by atoms with van der Waals surface area (Å²) in [5, 5.41) is 3.20. The standard InChI is InChI=1S/C13H17ClN6S/c14-10-4-3-9(21-10)5-6-16-12-17-11(15)18-13(19-12)20-7-1-2-8-20/h3-4H,1-2,5-8H2,(H3,15,16,17,18,19). The minimum Gasteiger partial charge on any atom is -0.368 e. The van der Waals surface area contributed by atoms with Crippen molar-refractivity contribution in [3.63, 3.8) is 0 Å². The molecular formula is C13H17ClN6S. The molecule has 1 aliphatic heterocycles. The highest BCUT2D eigenvalue weighted by atomic mass is 35.5. The van der Waals surface area contributed by atoms with Crippen LogP contribution in [0.15, 0.2) is 12.1 Å². The zero-order valence-corrected chi connectivity index (χ0v) is 13.1. The molecule has 8 heteroatoms. The van der Waals surface area contributed by atoms with Gasteiger partial charge in [0.2, 0.25) is 17.8 Å². The van der Waals surface area contributed by atoms with Gasteiger partial charge in [-0.2, -0.15) is 15.0 Å². The Balaban J connectivity index is 1.61. The van der Waals surface area contributed by atoms with Crippen LogP contribution in [0.2, 0.25) is 4.34 Å². The van der Waals surface area contributed by atoms with Crippen LogP contribution < -0.4 is 16.0 Å². The van der Waals surface area contributed by atoms with E-state index in [1.54, 1.807) is 11.3 Å². The molecule has 0 aromatic carbocycles. The lowest BCUT2D eigenvalue weighted by Gasteiger charge is -2.15. The van der Waals surface area contributed by atoms with Crippen LogP contribution in [0, 0.1) is 0 Å². The first-order valence-electron chi connectivity index (χ1n) is 6.95. The van der Waals surface area contributed by atoms with E-state index in [1.165, 1.54) is 17.7 Å². The predicted molar refractivity (Wildman–Crippen MR) is 87.2 cm³/mol. The van der Waals surface area contributed by atoms with Crippen LogP contribution in [-0.2, 0) is 6.42 Å². The number of hydrogen-bond acceptors (Lipinski definition) is 7. The van der Waals surface area contributed by atoms with Crippen molar-refractivity contribution in [2.45, 2.75) is 19.3 Å². The fourth-order valence-electron chi connectivity index (χ4n) is 2.30. The first-order chi connectivity index (χ1) is 10.2. The van der Waals surface area contributed by atoms with Gasteiger partial charge in [0.05, 0.1) is 4.34 Å². The zero-order valence-electron chi connectivity index (χ0n) is 11.5. The van der Waals surface area contributed by atoms with Crippen LogP contribution in [0.3, 0.4) is 0 Å². The highest BCUT2D eigenvalue weighted by Gasteiger charge is 2.16. The fourth-order valence-corrected chi connectivity index (χ4v) is 3.39. The minimum absolute atomic E-state index is 0.258. The molecule has 1 fully saturated rings. The molecule has 0 aliphatic carbocycles. The van der Waals surface area contributed by atoms with Crippen LogP contribution in [0.5, 0.6) is 0 Å². The fraction of sp³-hybridized carbons (Fsp3) is 0.462. The SMILES string of the molecule is Nc1nc(NCCc2ccc(Cl)s2)nc(N2CCCC2)n1. The number of halogens is 1. The molecule has 2 aromatic heterocycles. The van der Waals surface area contributed by atoms with E-state index in [9.17, 15) is 0 Å². The summed E-state index contributed by atoms with van der Waals surface area (Å²) in [4.78, 5) is 16.2. The second-order valence-electron chi connectivity index (χ2n) is 4.89. The Hall–Kier alpha value is -1.60. The number of aromatic nitrogens is 3. The lowest BCUT2D eigenvalue weighted by Crippen LogP contribution is -2.22. The summed E-state index contributed by atoms with van der Waals surface area (Å²) in [7, 11) is 0. The Morgan fingerprint density at radius 3 is 2.76 bits per heavy atom. The molecule has 2 aromatic rings. The van der Waals surface area contributed by atoms with Gasteiger partial charge in [0, 0.05) is 24.5 Å². The molecule has 0 atom stereocenters. The molecule has 0 bridgehead atoms. The smallest absolute Gasteiger partial charge is 0.231 e. The second kappa shape index (κ2) is 6.44. The predicted octanol–water partition coefficient (Wildman–Crippen LogP) is 2.42. The summed E-state index contributed by atoms with van der Waals surface area (Å²) in [6.07, 6.45) is 3.23. The molecule has 0 spiro atoms. The van der Waals surface area contributed by atoms with Gasteiger partial charge in [0.25, 0.3) is 0 Å². The van der Waals surface area contributed by atoms with E-state index in [1.807, 2.05) is 12.1 Å². The highest BCUT2D eigenvalue weighted by molar-refractivity contribution is 7.16. The third-order valence-electron chi connectivity index (χ3n) is 3.31. The molecular weight excluding hydrogens is 308 g/mol. The Kier molecular flexibility index (Phi) is 4.40. The Bertz CT molecular complexity index is 610. The van der Waals surface area contributed by atoms with Crippen molar-refractivity contribution in [2.24, 2.45) is 0 Å². The van der Waals surface area contributed by atoms with Crippen LogP contribution in [-0.4, -0.2) is 34.6 Å².